The highest BCUT2D eigenvalue weighted by atomic mass is 19.2. The predicted molar refractivity (Wildman–Crippen MR) is 123 cm³/mol. The zero-order valence-electron chi connectivity index (χ0n) is 20.0. The van der Waals surface area contributed by atoms with E-state index < -0.39 is 79.5 Å². The number of esters is 1. The number of quaternary nitrogens is 1. The van der Waals surface area contributed by atoms with E-state index in [0.717, 1.165) is 19.2 Å². The average molecular weight is 508 g/mol. The number of carbonyl (C=O) groups is 3. The fourth-order valence-corrected chi connectivity index (χ4v) is 3.54. The molecule has 2 aromatic rings. The van der Waals surface area contributed by atoms with Crippen LogP contribution in [0.5, 0.6) is 5.75 Å². The molecule has 1 atom stereocenters. The zero-order chi connectivity index (χ0) is 27.0. The van der Waals surface area contributed by atoms with E-state index in [1.54, 1.807) is 20.8 Å². The summed E-state index contributed by atoms with van der Waals surface area (Å²) in [5.41, 5.74) is -3.97. The number of nitrogens with one attached hydrogen (secondary N) is 1. The number of fused-ring (bicyclic) bond motifs is 1. The van der Waals surface area contributed by atoms with Crippen LogP contribution in [0.2, 0.25) is 0 Å². The number of halogens is 3. The topological polar surface area (TPSA) is 114 Å². The number of benzene rings is 2. The molecule has 0 saturated carbocycles. The van der Waals surface area contributed by atoms with Gasteiger partial charge in [0.05, 0.1) is 19.3 Å². The van der Waals surface area contributed by atoms with Crippen LogP contribution < -0.4 is 14.7 Å². The van der Waals surface area contributed by atoms with Gasteiger partial charge in [0, 0.05) is 12.1 Å². The number of Topliss-reactive ketones (excluding diaryl/α,β-unsaturated/α-hetero) is 1. The standard InChI is InChI=1S/C24H23F3N2O7/c1-6-35-22(31)13-11-29(33,18-10-16(27)15(26)9-12(18)20(13)30)17-8-7-14(25)19(21(17)34-5)28-23(32)36-24(2,3)4/h7-11H,6H2,1-5H3,(H,28,32). The number of anilines is 1. The minimum absolute atomic E-state index is 0.142. The molecule has 1 amide bonds. The molecule has 1 aliphatic heterocycles. The lowest BCUT2D eigenvalue weighted by Crippen LogP contribution is -2.39. The highest BCUT2D eigenvalue weighted by molar-refractivity contribution is 6.27. The first-order chi connectivity index (χ1) is 16.7. The third-order valence-electron chi connectivity index (χ3n) is 4.97. The fourth-order valence-electron chi connectivity index (χ4n) is 3.54. The Morgan fingerprint density at radius 1 is 1.06 bits per heavy atom. The summed E-state index contributed by atoms with van der Waals surface area (Å²) >= 11 is 0. The maximum absolute atomic E-state index is 14.8. The summed E-state index contributed by atoms with van der Waals surface area (Å²) < 4.78 is 56.3. The average Bonchev–Trinajstić information content (AvgIpc) is 2.77. The summed E-state index contributed by atoms with van der Waals surface area (Å²) in [5, 5.41) is 16.5. The van der Waals surface area contributed by atoms with E-state index in [2.05, 4.69) is 5.32 Å². The van der Waals surface area contributed by atoms with E-state index >= 15 is 0 Å². The lowest BCUT2D eigenvalue weighted by Gasteiger charge is -2.41. The van der Waals surface area contributed by atoms with Gasteiger partial charge < -0.3 is 19.4 Å². The molecule has 3 rings (SSSR count). The van der Waals surface area contributed by atoms with Crippen LogP contribution >= 0.6 is 0 Å². The quantitative estimate of drug-likeness (QED) is 0.254. The van der Waals surface area contributed by atoms with Gasteiger partial charge in [-0.15, -0.1) is 0 Å². The molecular weight excluding hydrogens is 485 g/mol. The van der Waals surface area contributed by atoms with Crippen LogP contribution in [0.15, 0.2) is 36.0 Å². The molecule has 0 aromatic heterocycles. The van der Waals surface area contributed by atoms with Crippen LogP contribution in [0.1, 0.15) is 38.1 Å². The number of ether oxygens (including phenoxy) is 3. The second-order valence-corrected chi connectivity index (χ2v) is 8.64. The van der Waals surface area contributed by atoms with Crippen molar-refractivity contribution in [2.45, 2.75) is 33.3 Å². The van der Waals surface area contributed by atoms with Crippen molar-refractivity contribution >= 4 is 34.9 Å². The Hall–Kier alpha value is -3.90. The molecular formula is C24H23F3N2O7. The van der Waals surface area contributed by atoms with Crippen molar-refractivity contribution in [2.75, 3.05) is 19.0 Å². The summed E-state index contributed by atoms with van der Waals surface area (Å²) in [4.78, 5) is 37.7. The molecule has 1 N–H and O–H groups in total. The molecule has 36 heavy (non-hydrogen) atoms. The zero-order valence-corrected chi connectivity index (χ0v) is 20.0. The number of ketones is 1. The molecule has 0 radical (unpaired) electrons. The molecule has 0 fully saturated rings. The molecule has 1 aliphatic rings. The van der Waals surface area contributed by atoms with Crippen molar-refractivity contribution in [2.24, 2.45) is 0 Å². The van der Waals surface area contributed by atoms with Gasteiger partial charge in [0.15, 0.2) is 34.4 Å². The molecule has 2 aromatic carbocycles. The summed E-state index contributed by atoms with van der Waals surface area (Å²) in [6.45, 7) is 6.05. The van der Waals surface area contributed by atoms with Gasteiger partial charge in [-0.05, 0) is 39.8 Å². The Labute approximate surface area is 204 Å². The molecule has 0 saturated heterocycles. The molecule has 9 nitrogen and oxygen atoms in total. The summed E-state index contributed by atoms with van der Waals surface area (Å²) in [7, 11) is 1.07. The Kier molecular flexibility index (Phi) is 7.14. The molecule has 1 unspecified atom stereocenters. The number of hydrogen-bond acceptors (Lipinski definition) is 7. The lowest BCUT2D eigenvalue weighted by atomic mass is 9.96. The van der Waals surface area contributed by atoms with E-state index in [-0.39, 0.29) is 6.61 Å². The number of nitrogens with zero attached hydrogens (tertiary/aromatic N) is 1. The Balaban J connectivity index is 2.29. The van der Waals surface area contributed by atoms with Crippen LogP contribution in [0, 0.1) is 22.7 Å². The number of methoxy groups -OCH3 is 1. The molecule has 0 aliphatic carbocycles. The number of hydrogen-bond donors (Lipinski definition) is 1. The lowest BCUT2D eigenvalue weighted by molar-refractivity contribution is -0.138. The Morgan fingerprint density at radius 3 is 2.28 bits per heavy atom. The summed E-state index contributed by atoms with van der Waals surface area (Å²) in [6, 6.07) is 2.76. The molecule has 0 spiro atoms. The van der Waals surface area contributed by atoms with Gasteiger partial charge >= 0.3 is 12.1 Å². The van der Waals surface area contributed by atoms with E-state index in [4.69, 9.17) is 14.2 Å². The number of carbonyl (C=O) groups excluding carboxylic acids is 3. The Morgan fingerprint density at radius 2 is 1.69 bits per heavy atom. The third kappa shape index (κ3) is 4.90. The monoisotopic (exact) mass is 508 g/mol. The van der Waals surface area contributed by atoms with Crippen LogP contribution in [0.4, 0.5) is 35.0 Å². The second-order valence-electron chi connectivity index (χ2n) is 8.64. The van der Waals surface area contributed by atoms with Gasteiger partial charge in [-0.3, -0.25) is 14.8 Å². The van der Waals surface area contributed by atoms with Crippen molar-refractivity contribution < 1.29 is 41.8 Å². The predicted octanol–water partition coefficient (Wildman–Crippen LogP) is 5.24. The summed E-state index contributed by atoms with van der Waals surface area (Å²) in [5.74, 6) is -6.65. The molecule has 0 bridgehead atoms. The molecule has 192 valence electrons. The highest BCUT2D eigenvalue weighted by Gasteiger charge is 2.42. The van der Waals surface area contributed by atoms with Crippen molar-refractivity contribution in [3.8, 4) is 5.75 Å². The largest absolute Gasteiger partial charge is 0.617 e. The molecule has 12 heteroatoms. The van der Waals surface area contributed by atoms with E-state index in [9.17, 15) is 32.8 Å². The van der Waals surface area contributed by atoms with Crippen LogP contribution in [-0.2, 0) is 14.3 Å². The van der Waals surface area contributed by atoms with Crippen molar-refractivity contribution in [3.63, 3.8) is 0 Å². The highest BCUT2D eigenvalue weighted by Crippen LogP contribution is 2.49. The van der Waals surface area contributed by atoms with Crippen molar-refractivity contribution in [1.82, 2.24) is 4.65 Å². The first kappa shape index (κ1) is 26.7. The van der Waals surface area contributed by atoms with Crippen LogP contribution in [0.25, 0.3) is 0 Å². The van der Waals surface area contributed by atoms with Crippen LogP contribution in [-0.4, -0.2) is 37.2 Å². The minimum atomic E-state index is -1.88. The first-order valence-electron chi connectivity index (χ1n) is 10.6. The van der Waals surface area contributed by atoms with Gasteiger partial charge in [0.1, 0.15) is 17.5 Å². The van der Waals surface area contributed by atoms with Crippen molar-refractivity contribution in [1.29, 1.82) is 0 Å². The van der Waals surface area contributed by atoms with E-state index in [0.29, 0.717) is 18.3 Å². The van der Waals surface area contributed by atoms with Gasteiger partial charge in [0.2, 0.25) is 11.5 Å². The SMILES string of the molecule is CCOC(=O)C1=C[N+]([O-])(c2ccc(F)c(NC(=O)OC(C)(C)C)c2OC)c2cc(F)c(F)cc2C1=O. The Bertz CT molecular complexity index is 1290. The van der Waals surface area contributed by atoms with Gasteiger partial charge in [-0.2, -0.15) is 0 Å². The van der Waals surface area contributed by atoms with Crippen LogP contribution in [0.3, 0.4) is 0 Å². The minimum Gasteiger partial charge on any atom is -0.617 e. The van der Waals surface area contributed by atoms with E-state index in [1.165, 1.54) is 6.92 Å². The summed E-state index contributed by atoms with van der Waals surface area (Å²) in [6.07, 6.45) is -0.452. The maximum atomic E-state index is 14.8. The van der Waals surface area contributed by atoms with Gasteiger partial charge in [-0.25, -0.2) is 22.8 Å². The second kappa shape index (κ2) is 9.63. The van der Waals surface area contributed by atoms with Crippen molar-refractivity contribution in [3.05, 3.63) is 64.3 Å². The number of hydroxylamine groups is 1. The van der Waals surface area contributed by atoms with Gasteiger partial charge in [0.25, 0.3) is 0 Å². The third-order valence-corrected chi connectivity index (χ3v) is 4.97. The smallest absolute Gasteiger partial charge is 0.412 e. The number of rotatable bonds is 5. The number of amides is 1. The molecule has 1 heterocycles. The fraction of sp³-hybridized carbons (Fsp3) is 0.292. The van der Waals surface area contributed by atoms with E-state index in [1.807, 2.05) is 0 Å². The first-order valence-corrected chi connectivity index (χ1v) is 10.6. The maximum Gasteiger partial charge on any atom is 0.412 e. The van der Waals surface area contributed by atoms with Gasteiger partial charge in [-0.1, -0.05) is 0 Å². The normalized spacial score (nSPS) is 17.1.